The van der Waals surface area contributed by atoms with Gasteiger partial charge in [-0.25, -0.2) is 8.42 Å². The first-order chi connectivity index (χ1) is 11.8. The number of sulfone groups is 1. The average Bonchev–Trinajstić information content (AvgIpc) is 3.10. The highest BCUT2D eigenvalue weighted by atomic mass is 32.2. The van der Waals surface area contributed by atoms with E-state index in [1.54, 1.807) is 9.36 Å². The minimum atomic E-state index is -2.90. The van der Waals surface area contributed by atoms with Crippen LogP contribution < -0.4 is 4.90 Å². The zero-order valence-corrected chi connectivity index (χ0v) is 16.4. The number of hydrogen-bond acceptors (Lipinski definition) is 5. The SMILES string of the molecule is CC[NH+](Cn1nnn(-c2ccc(C)c(C)c2)c1=S)[C@H]1CCS(=O)(=O)C1. The molecular weight excluding hydrogens is 358 g/mol. The molecule has 1 aromatic heterocycles. The number of nitrogens with one attached hydrogen (secondary N) is 1. The van der Waals surface area contributed by atoms with E-state index >= 15 is 0 Å². The van der Waals surface area contributed by atoms with E-state index in [0.29, 0.717) is 17.9 Å². The first-order valence-corrected chi connectivity index (χ1v) is 10.7. The Labute approximate surface area is 153 Å². The maximum absolute atomic E-state index is 11.8. The molecule has 1 N–H and O–H groups in total. The molecule has 7 nitrogen and oxygen atoms in total. The Morgan fingerprint density at radius 3 is 2.64 bits per heavy atom. The van der Waals surface area contributed by atoms with Gasteiger partial charge in [0.2, 0.25) is 4.77 Å². The molecule has 0 saturated carbocycles. The molecule has 0 amide bonds. The van der Waals surface area contributed by atoms with Crippen molar-refractivity contribution in [2.24, 2.45) is 0 Å². The predicted octanol–water partition coefficient (Wildman–Crippen LogP) is 0.465. The Morgan fingerprint density at radius 2 is 2.04 bits per heavy atom. The molecule has 1 aliphatic heterocycles. The Hall–Kier alpha value is -1.58. The molecule has 136 valence electrons. The summed E-state index contributed by atoms with van der Waals surface area (Å²) in [7, 11) is -2.90. The van der Waals surface area contributed by atoms with Crippen molar-refractivity contribution < 1.29 is 13.3 Å². The lowest BCUT2D eigenvalue weighted by atomic mass is 10.1. The Bertz CT molecular complexity index is 932. The highest BCUT2D eigenvalue weighted by Crippen LogP contribution is 2.13. The number of benzene rings is 1. The first kappa shape index (κ1) is 18.2. The zero-order valence-electron chi connectivity index (χ0n) is 14.8. The third-order valence-corrected chi connectivity index (χ3v) is 7.14. The van der Waals surface area contributed by atoms with Gasteiger partial charge in [-0.1, -0.05) is 6.07 Å². The van der Waals surface area contributed by atoms with Gasteiger partial charge in [0, 0.05) is 6.42 Å². The van der Waals surface area contributed by atoms with Crippen LogP contribution in [0.15, 0.2) is 18.2 Å². The van der Waals surface area contributed by atoms with E-state index in [1.165, 1.54) is 16.0 Å². The maximum atomic E-state index is 11.8. The first-order valence-electron chi connectivity index (χ1n) is 8.46. The molecule has 2 heterocycles. The smallest absolute Gasteiger partial charge is 0.225 e. The van der Waals surface area contributed by atoms with Crippen molar-refractivity contribution in [1.82, 2.24) is 19.8 Å². The van der Waals surface area contributed by atoms with Crippen molar-refractivity contribution >= 4 is 22.1 Å². The molecule has 2 atom stereocenters. The molecule has 0 aliphatic carbocycles. The summed E-state index contributed by atoms with van der Waals surface area (Å²) in [6.45, 7) is 7.51. The van der Waals surface area contributed by atoms with Crippen LogP contribution in [-0.2, 0) is 16.5 Å². The summed E-state index contributed by atoms with van der Waals surface area (Å²) in [5.41, 5.74) is 3.28. The summed E-state index contributed by atoms with van der Waals surface area (Å²) in [6, 6.07) is 6.16. The fourth-order valence-electron chi connectivity index (χ4n) is 3.23. The molecule has 25 heavy (non-hydrogen) atoms. The monoisotopic (exact) mass is 382 g/mol. The predicted molar refractivity (Wildman–Crippen MR) is 98.2 cm³/mol. The van der Waals surface area contributed by atoms with Gasteiger partial charge in [-0.3, -0.25) is 0 Å². The van der Waals surface area contributed by atoms with Crippen LogP contribution in [0.4, 0.5) is 0 Å². The second-order valence-corrected chi connectivity index (χ2v) is 9.31. The van der Waals surface area contributed by atoms with Gasteiger partial charge >= 0.3 is 0 Å². The van der Waals surface area contributed by atoms with Crippen molar-refractivity contribution in [3.8, 4) is 5.69 Å². The van der Waals surface area contributed by atoms with Gasteiger partial charge < -0.3 is 4.90 Å². The van der Waals surface area contributed by atoms with Crippen LogP contribution in [-0.4, -0.2) is 52.3 Å². The number of aryl methyl sites for hydroxylation is 2. The van der Waals surface area contributed by atoms with Crippen molar-refractivity contribution in [3.63, 3.8) is 0 Å². The summed E-state index contributed by atoms with van der Waals surface area (Å²) < 4.78 is 27.4. The van der Waals surface area contributed by atoms with E-state index in [0.717, 1.165) is 12.2 Å². The van der Waals surface area contributed by atoms with Crippen molar-refractivity contribution in [1.29, 1.82) is 0 Å². The Kier molecular flexibility index (Phi) is 5.08. The molecule has 0 bridgehead atoms. The minimum Gasteiger partial charge on any atom is -0.313 e. The molecule has 9 heteroatoms. The minimum absolute atomic E-state index is 0.101. The summed E-state index contributed by atoms with van der Waals surface area (Å²) in [6.07, 6.45) is 0.699. The van der Waals surface area contributed by atoms with Gasteiger partial charge in [-0.05, 0) is 66.7 Å². The second-order valence-electron chi connectivity index (χ2n) is 6.71. The molecule has 1 unspecified atom stereocenters. The second kappa shape index (κ2) is 6.97. The lowest BCUT2D eigenvalue weighted by Crippen LogP contribution is -3.15. The fourth-order valence-corrected chi connectivity index (χ4v) is 5.30. The summed E-state index contributed by atoms with van der Waals surface area (Å²) in [5.74, 6) is 0.524. The van der Waals surface area contributed by atoms with Crippen molar-refractivity contribution in [3.05, 3.63) is 34.1 Å². The molecule has 0 spiro atoms. The summed E-state index contributed by atoms with van der Waals surface area (Å²) >= 11 is 5.54. The van der Waals surface area contributed by atoms with Crippen LogP contribution in [0.25, 0.3) is 5.69 Å². The van der Waals surface area contributed by atoms with E-state index in [1.807, 2.05) is 18.2 Å². The largest absolute Gasteiger partial charge is 0.313 e. The number of nitrogens with zero attached hydrogens (tertiary/aromatic N) is 4. The van der Waals surface area contributed by atoms with Crippen LogP contribution >= 0.6 is 12.2 Å². The highest BCUT2D eigenvalue weighted by Gasteiger charge is 2.35. The van der Waals surface area contributed by atoms with E-state index in [-0.39, 0.29) is 17.5 Å². The van der Waals surface area contributed by atoms with Crippen LogP contribution in [0.5, 0.6) is 0 Å². The third-order valence-electron chi connectivity index (χ3n) is 4.99. The van der Waals surface area contributed by atoms with E-state index in [2.05, 4.69) is 31.2 Å². The fraction of sp³-hybridized carbons (Fsp3) is 0.562. The van der Waals surface area contributed by atoms with Crippen molar-refractivity contribution in [2.75, 3.05) is 18.1 Å². The number of tetrazole rings is 1. The van der Waals surface area contributed by atoms with Gasteiger partial charge in [0.1, 0.15) is 11.8 Å². The molecule has 3 rings (SSSR count). The van der Waals surface area contributed by atoms with Crippen LogP contribution in [0.2, 0.25) is 0 Å². The van der Waals surface area contributed by atoms with Crippen LogP contribution in [0.1, 0.15) is 24.5 Å². The summed E-state index contributed by atoms with van der Waals surface area (Å²) in [5, 5.41) is 8.39. The van der Waals surface area contributed by atoms with Gasteiger partial charge in [-0.2, -0.15) is 9.36 Å². The van der Waals surface area contributed by atoms with E-state index in [9.17, 15) is 8.42 Å². The molecule has 0 radical (unpaired) electrons. The Balaban J connectivity index is 1.83. The zero-order chi connectivity index (χ0) is 18.2. The topological polar surface area (TPSA) is 74.2 Å². The average molecular weight is 383 g/mol. The van der Waals surface area contributed by atoms with E-state index in [4.69, 9.17) is 12.2 Å². The lowest BCUT2D eigenvalue weighted by molar-refractivity contribution is -0.943. The molecule has 1 aliphatic rings. The van der Waals surface area contributed by atoms with Gasteiger partial charge in [-0.15, -0.1) is 0 Å². The lowest BCUT2D eigenvalue weighted by Gasteiger charge is -2.22. The molecular formula is C16H24N5O2S2+. The third kappa shape index (κ3) is 3.83. The van der Waals surface area contributed by atoms with Gasteiger partial charge in [0.15, 0.2) is 16.5 Å². The number of quaternary nitrogens is 1. The molecule has 2 aromatic rings. The van der Waals surface area contributed by atoms with Crippen LogP contribution in [0, 0.1) is 18.6 Å². The standard InChI is InChI=1S/C16H23N5O2S2/c1-4-19(15-7-8-25(22,23)10-15)11-20-16(24)21(18-17-20)14-6-5-12(2)13(3)9-14/h5-6,9,15H,4,7-8,10-11H2,1-3H3/p+1/t15-/m0/s1. The summed E-state index contributed by atoms with van der Waals surface area (Å²) in [4.78, 5) is 1.17. The number of hydrogen-bond donors (Lipinski definition) is 1. The van der Waals surface area contributed by atoms with Gasteiger partial charge in [0.05, 0.1) is 18.0 Å². The van der Waals surface area contributed by atoms with Gasteiger partial charge in [0.25, 0.3) is 0 Å². The van der Waals surface area contributed by atoms with Crippen LogP contribution in [0.3, 0.4) is 0 Å². The maximum Gasteiger partial charge on any atom is 0.225 e. The number of aromatic nitrogens is 4. The Morgan fingerprint density at radius 1 is 1.28 bits per heavy atom. The van der Waals surface area contributed by atoms with Crippen molar-refractivity contribution in [2.45, 2.75) is 39.9 Å². The quantitative estimate of drug-likeness (QED) is 0.761. The normalized spacial score (nSPS) is 20.7. The van der Waals surface area contributed by atoms with E-state index < -0.39 is 9.84 Å². The molecule has 1 aromatic carbocycles. The molecule has 1 saturated heterocycles. The molecule has 1 fully saturated rings. The number of rotatable bonds is 5. The highest BCUT2D eigenvalue weighted by molar-refractivity contribution is 7.91.